The summed E-state index contributed by atoms with van der Waals surface area (Å²) in [7, 11) is 0. The van der Waals surface area contributed by atoms with Crippen LogP contribution in [0, 0.1) is 0 Å². The van der Waals surface area contributed by atoms with Crippen molar-refractivity contribution in [2.75, 3.05) is 0 Å². The summed E-state index contributed by atoms with van der Waals surface area (Å²) in [5, 5.41) is 0. The summed E-state index contributed by atoms with van der Waals surface area (Å²) in [6, 6.07) is 5.14. The largest absolute Gasteiger partial charge is 0.427 e. The Morgan fingerprint density at radius 3 is 2.67 bits per heavy atom. The van der Waals surface area contributed by atoms with Crippen molar-refractivity contribution in [1.82, 2.24) is 4.90 Å². The average molecular weight is 285 g/mol. The third-order valence-electron chi connectivity index (χ3n) is 3.84. The molecule has 1 aromatic carbocycles. The number of hydrogen-bond donors (Lipinski definition) is 0. The Morgan fingerprint density at radius 1 is 1.29 bits per heavy atom. The van der Waals surface area contributed by atoms with Crippen molar-refractivity contribution in [3.05, 3.63) is 41.5 Å². The summed E-state index contributed by atoms with van der Waals surface area (Å²) in [6.07, 6.45) is 4.40. The quantitative estimate of drug-likeness (QED) is 0.483. The molecule has 0 saturated heterocycles. The molecule has 0 N–H and O–H groups in total. The fourth-order valence-corrected chi connectivity index (χ4v) is 2.81. The molecule has 5 heteroatoms. The van der Waals surface area contributed by atoms with Gasteiger partial charge in [-0.3, -0.25) is 19.3 Å². The Bertz CT molecular complexity index is 644. The van der Waals surface area contributed by atoms with Crippen LogP contribution in [0.4, 0.5) is 0 Å². The highest BCUT2D eigenvalue weighted by Crippen LogP contribution is 2.39. The van der Waals surface area contributed by atoms with E-state index in [1.165, 1.54) is 17.1 Å². The molecule has 1 aromatic rings. The van der Waals surface area contributed by atoms with Crippen LogP contribution in [0.3, 0.4) is 0 Å². The van der Waals surface area contributed by atoms with Crippen molar-refractivity contribution in [3.63, 3.8) is 0 Å². The van der Waals surface area contributed by atoms with Gasteiger partial charge in [0.15, 0.2) is 0 Å². The van der Waals surface area contributed by atoms with Gasteiger partial charge in [-0.2, -0.15) is 0 Å². The molecule has 1 aliphatic carbocycles. The number of hydrogen-bond acceptors (Lipinski definition) is 4. The first-order valence-corrected chi connectivity index (χ1v) is 6.99. The Kier molecular flexibility index (Phi) is 3.33. The number of imide groups is 1. The van der Waals surface area contributed by atoms with Crippen LogP contribution in [-0.2, 0) is 20.8 Å². The number of ether oxygens (including phenoxy) is 1. The van der Waals surface area contributed by atoms with E-state index in [2.05, 4.69) is 0 Å². The van der Waals surface area contributed by atoms with Crippen molar-refractivity contribution in [2.45, 2.75) is 32.2 Å². The summed E-state index contributed by atoms with van der Waals surface area (Å²) >= 11 is 0. The monoisotopic (exact) mass is 285 g/mol. The predicted octanol–water partition coefficient (Wildman–Crippen LogP) is 1.91. The molecule has 0 bridgehead atoms. The molecule has 1 heterocycles. The molecule has 2 amide bonds. The number of fused-ring (bicyclic) bond motifs is 1. The van der Waals surface area contributed by atoms with Crippen LogP contribution in [0.25, 0.3) is 0 Å². The average Bonchev–Trinajstić information content (AvgIpc) is 3.02. The number of carbonyl (C=O) groups is 3. The Labute approximate surface area is 122 Å². The highest BCUT2D eigenvalue weighted by molar-refractivity contribution is 6.13. The van der Waals surface area contributed by atoms with E-state index in [1.807, 2.05) is 6.07 Å². The van der Waals surface area contributed by atoms with Gasteiger partial charge < -0.3 is 4.74 Å². The first-order chi connectivity index (χ1) is 10.1. The maximum absolute atomic E-state index is 11.8. The minimum atomic E-state index is -0.306. The summed E-state index contributed by atoms with van der Waals surface area (Å²) in [5.41, 5.74) is 1.98. The van der Waals surface area contributed by atoms with Crippen LogP contribution in [0.15, 0.2) is 30.4 Å². The van der Waals surface area contributed by atoms with Gasteiger partial charge in [-0.15, -0.1) is 0 Å². The molecule has 0 radical (unpaired) electrons. The third-order valence-corrected chi connectivity index (χ3v) is 3.84. The second-order valence-electron chi connectivity index (χ2n) is 5.12. The summed E-state index contributed by atoms with van der Waals surface area (Å²) in [6.45, 7) is 1.73. The van der Waals surface area contributed by atoms with Crippen molar-refractivity contribution in [3.8, 4) is 5.75 Å². The van der Waals surface area contributed by atoms with Gasteiger partial charge in [0.25, 0.3) is 11.8 Å². The van der Waals surface area contributed by atoms with Crippen LogP contribution in [0.1, 0.15) is 36.9 Å². The van der Waals surface area contributed by atoms with Gasteiger partial charge in [-0.1, -0.05) is 13.0 Å². The number of amides is 2. The fourth-order valence-electron chi connectivity index (χ4n) is 2.81. The van der Waals surface area contributed by atoms with Crippen molar-refractivity contribution < 1.29 is 19.1 Å². The molecule has 108 valence electrons. The number of carbonyl (C=O) groups excluding carboxylic acids is 3. The smallest absolute Gasteiger partial charge is 0.310 e. The van der Waals surface area contributed by atoms with E-state index in [0.717, 1.165) is 17.5 Å². The van der Waals surface area contributed by atoms with Crippen molar-refractivity contribution in [2.24, 2.45) is 0 Å². The van der Waals surface area contributed by atoms with E-state index < -0.39 is 0 Å². The van der Waals surface area contributed by atoms with Gasteiger partial charge in [-0.25, -0.2) is 0 Å². The maximum atomic E-state index is 11.8. The molecule has 0 aromatic heterocycles. The SMILES string of the molecule is CCC(=O)Oc1ccc2c(c1)[C@@H](N1C(=O)C=CC1=O)CC2. The molecular weight excluding hydrogens is 270 g/mol. The predicted molar refractivity (Wildman–Crippen MR) is 74.4 cm³/mol. The van der Waals surface area contributed by atoms with Gasteiger partial charge in [-0.05, 0) is 36.1 Å². The molecule has 21 heavy (non-hydrogen) atoms. The lowest BCUT2D eigenvalue weighted by Gasteiger charge is -2.23. The number of benzene rings is 1. The molecular formula is C16H15NO4. The number of rotatable bonds is 3. The first-order valence-electron chi connectivity index (χ1n) is 6.99. The van der Waals surface area contributed by atoms with Crippen LogP contribution in [0.5, 0.6) is 5.75 Å². The van der Waals surface area contributed by atoms with Crippen LogP contribution in [0.2, 0.25) is 0 Å². The standard InChI is InChI=1S/C16H15NO4/c1-2-16(20)21-11-5-3-10-4-6-13(12(10)9-11)17-14(18)7-8-15(17)19/h3,5,7-9,13H,2,4,6H2,1H3/t13-/m0/s1. The lowest BCUT2D eigenvalue weighted by Crippen LogP contribution is -2.33. The van der Waals surface area contributed by atoms with E-state index in [4.69, 9.17) is 4.74 Å². The highest BCUT2D eigenvalue weighted by Gasteiger charge is 2.36. The second kappa shape index (κ2) is 5.16. The lowest BCUT2D eigenvalue weighted by atomic mass is 10.1. The topological polar surface area (TPSA) is 63.7 Å². The van der Waals surface area contributed by atoms with E-state index in [0.29, 0.717) is 18.6 Å². The highest BCUT2D eigenvalue weighted by atomic mass is 16.5. The molecule has 1 atom stereocenters. The summed E-state index contributed by atoms with van der Waals surface area (Å²) in [4.78, 5) is 36.3. The Hall–Kier alpha value is -2.43. The molecule has 1 aliphatic heterocycles. The van der Waals surface area contributed by atoms with E-state index >= 15 is 0 Å². The minimum Gasteiger partial charge on any atom is -0.427 e. The zero-order valence-corrected chi connectivity index (χ0v) is 11.7. The third kappa shape index (κ3) is 2.35. The van der Waals surface area contributed by atoms with E-state index in [9.17, 15) is 14.4 Å². The van der Waals surface area contributed by atoms with Gasteiger partial charge in [0.05, 0.1) is 6.04 Å². The van der Waals surface area contributed by atoms with E-state index in [-0.39, 0.29) is 23.8 Å². The lowest BCUT2D eigenvalue weighted by molar-refractivity contribution is -0.140. The van der Waals surface area contributed by atoms with Gasteiger partial charge in [0, 0.05) is 18.6 Å². The van der Waals surface area contributed by atoms with Gasteiger partial charge >= 0.3 is 5.97 Å². The Balaban J connectivity index is 1.90. The second-order valence-corrected chi connectivity index (χ2v) is 5.12. The molecule has 0 fully saturated rings. The molecule has 5 nitrogen and oxygen atoms in total. The number of aryl methyl sites for hydroxylation is 1. The zero-order chi connectivity index (χ0) is 15.0. The van der Waals surface area contributed by atoms with Crippen molar-refractivity contribution >= 4 is 17.8 Å². The van der Waals surface area contributed by atoms with Crippen LogP contribution < -0.4 is 4.74 Å². The van der Waals surface area contributed by atoms with E-state index in [1.54, 1.807) is 19.1 Å². The van der Waals surface area contributed by atoms with Gasteiger partial charge in [0.2, 0.25) is 0 Å². The van der Waals surface area contributed by atoms with Crippen LogP contribution in [-0.4, -0.2) is 22.7 Å². The van der Waals surface area contributed by atoms with Gasteiger partial charge in [0.1, 0.15) is 5.75 Å². The maximum Gasteiger partial charge on any atom is 0.310 e. The molecule has 0 unspecified atom stereocenters. The minimum absolute atomic E-state index is 0.268. The number of nitrogens with zero attached hydrogens (tertiary/aromatic N) is 1. The molecule has 3 rings (SSSR count). The molecule has 0 saturated carbocycles. The van der Waals surface area contributed by atoms with Crippen LogP contribution >= 0.6 is 0 Å². The first kappa shape index (κ1) is 13.5. The molecule has 2 aliphatic rings. The molecule has 0 spiro atoms. The number of esters is 1. The normalized spacial score (nSPS) is 20.0. The fraction of sp³-hybridized carbons (Fsp3) is 0.312. The zero-order valence-electron chi connectivity index (χ0n) is 11.7. The van der Waals surface area contributed by atoms with Crippen molar-refractivity contribution in [1.29, 1.82) is 0 Å². The summed E-state index contributed by atoms with van der Waals surface area (Å²) < 4.78 is 5.21. The summed E-state index contributed by atoms with van der Waals surface area (Å²) in [5.74, 6) is -0.415. The Morgan fingerprint density at radius 2 is 2.00 bits per heavy atom.